The van der Waals surface area contributed by atoms with E-state index in [1.807, 2.05) is 12.4 Å². The van der Waals surface area contributed by atoms with Crippen LogP contribution in [0.2, 0.25) is 0 Å². The van der Waals surface area contributed by atoms with Crippen LogP contribution in [0.3, 0.4) is 0 Å². The molecule has 0 aromatic carbocycles. The lowest BCUT2D eigenvalue weighted by Gasteiger charge is -2.07. The zero-order valence-electron chi connectivity index (χ0n) is 8.28. The Balaban J connectivity index is 2.70. The van der Waals surface area contributed by atoms with E-state index in [1.165, 1.54) is 11.3 Å². The zero-order chi connectivity index (χ0) is 9.42. The lowest BCUT2D eigenvalue weighted by molar-refractivity contribution is 0.858. The van der Waals surface area contributed by atoms with Crippen molar-refractivity contribution in [1.82, 2.24) is 9.38 Å². The third-order valence-electron chi connectivity index (χ3n) is 2.39. The summed E-state index contributed by atoms with van der Waals surface area (Å²) < 4.78 is 2.10. The van der Waals surface area contributed by atoms with Crippen molar-refractivity contribution < 1.29 is 0 Å². The van der Waals surface area contributed by atoms with Crippen LogP contribution in [0.1, 0.15) is 31.0 Å². The van der Waals surface area contributed by atoms with Gasteiger partial charge in [0.1, 0.15) is 5.65 Å². The minimum absolute atomic E-state index is 0.570. The van der Waals surface area contributed by atoms with Crippen LogP contribution in [0.15, 0.2) is 24.5 Å². The fourth-order valence-corrected chi connectivity index (χ4v) is 1.55. The SMILES string of the molecule is Cc1cc(C(C)C)cc2nccn12. The van der Waals surface area contributed by atoms with E-state index in [2.05, 4.69) is 42.3 Å². The highest BCUT2D eigenvalue weighted by Gasteiger charge is 2.03. The van der Waals surface area contributed by atoms with Crippen molar-refractivity contribution in [2.75, 3.05) is 0 Å². The van der Waals surface area contributed by atoms with Gasteiger partial charge in [0.15, 0.2) is 0 Å². The first-order valence-electron chi connectivity index (χ1n) is 4.62. The maximum Gasteiger partial charge on any atom is 0.137 e. The summed E-state index contributed by atoms with van der Waals surface area (Å²) in [6, 6.07) is 4.37. The molecule has 0 N–H and O–H groups in total. The molecule has 0 fully saturated rings. The predicted octanol–water partition coefficient (Wildman–Crippen LogP) is 2.77. The van der Waals surface area contributed by atoms with Crippen LogP contribution in [0.25, 0.3) is 5.65 Å². The number of fused-ring (bicyclic) bond motifs is 1. The summed E-state index contributed by atoms with van der Waals surface area (Å²) in [5, 5.41) is 0. The Labute approximate surface area is 78.2 Å². The van der Waals surface area contributed by atoms with Crippen molar-refractivity contribution in [3.8, 4) is 0 Å². The second-order valence-electron chi connectivity index (χ2n) is 3.74. The van der Waals surface area contributed by atoms with Gasteiger partial charge in [-0.05, 0) is 30.5 Å². The Kier molecular flexibility index (Phi) is 1.83. The van der Waals surface area contributed by atoms with E-state index in [4.69, 9.17) is 0 Å². The summed E-state index contributed by atoms with van der Waals surface area (Å²) in [5.41, 5.74) is 3.65. The molecule has 0 radical (unpaired) electrons. The fraction of sp³-hybridized carbons (Fsp3) is 0.364. The summed E-state index contributed by atoms with van der Waals surface area (Å²) in [5.74, 6) is 0.570. The molecule has 0 amide bonds. The second-order valence-corrected chi connectivity index (χ2v) is 3.74. The largest absolute Gasteiger partial charge is 0.304 e. The summed E-state index contributed by atoms with van der Waals surface area (Å²) in [6.45, 7) is 6.52. The molecule has 2 aromatic heterocycles. The van der Waals surface area contributed by atoms with Gasteiger partial charge in [0.2, 0.25) is 0 Å². The summed E-state index contributed by atoms with van der Waals surface area (Å²) in [4.78, 5) is 4.29. The number of pyridine rings is 1. The highest BCUT2D eigenvalue weighted by atomic mass is 15.0. The van der Waals surface area contributed by atoms with Gasteiger partial charge in [0, 0.05) is 18.1 Å². The molecule has 2 heteroatoms. The minimum Gasteiger partial charge on any atom is -0.304 e. The molecule has 0 saturated carbocycles. The van der Waals surface area contributed by atoms with E-state index in [0.717, 1.165) is 5.65 Å². The fourth-order valence-electron chi connectivity index (χ4n) is 1.55. The highest BCUT2D eigenvalue weighted by Crippen LogP contribution is 2.17. The van der Waals surface area contributed by atoms with Gasteiger partial charge in [0.05, 0.1) is 0 Å². The van der Waals surface area contributed by atoms with Crippen molar-refractivity contribution in [3.05, 3.63) is 35.8 Å². The normalized spacial score (nSPS) is 11.4. The van der Waals surface area contributed by atoms with Crippen molar-refractivity contribution >= 4 is 5.65 Å². The number of nitrogens with zero attached hydrogens (tertiary/aromatic N) is 2. The Hall–Kier alpha value is -1.31. The van der Waals surface area contributed by atoms with E-state index >= 15 is 0 Å². The quantitative estimate of drug-likeness (QED) is 0.649. The average Bonchev–Trinajstić information content (AvgIpc) is 2.51. The maximum atomic E-state index is 4.29. The third kappa shape index (κ3) is 1.32. The van der Waals surface area contributed by atoms with Gasteiger partial charge in [-0.3, -0.25) is 0 Å². The van der Waals surface area contributed by atoms with Gasteiger partial charge >= 0.3 is 0 Å². The molecular formula is C11H14N2. The molecule has 0 atom stereocenters. The Morgan fingerprint density at radius 1 is 1.31 bits per heavy atom. The molecule has 2 nitrogen and oxygen atoms in total. The zero-order valence-corrected chi connectivity index (χ0v) is 8.28. The van der Waals surface area contributed by atoms with Crippen molar-refractivity contribution in [3.63, 3.8) is 0 Å². The van der Waals surface area contributed by atoms with Crippen molar-refractivity contribution in [2.45, 2.75) is 26.7 Å². The molecule has 2 heterocycles. The third-order valence-corrected chi connectivity index (χ3v) is 2.39. The van der Waals surface area contributed by atoms with Crippen LogP contribution in [-0.2, 0) is 0 Å². The van der Waals surface area contributed by atoms with Crippen LogP contribution in [0.4, 0.5) is 0 Å². The van der Waals surface area contributed by atoms with Crippen molar-refractivity contribution in [2.24, 2.45) is 0 Å². The summed E-state index contributed by atoms with van der Waals surface area (Å²) in [7, 11) is 0. The number of imidazole rings is 1. The van der Waals surface area contributed by atoms with E-state index in [9.17, 15) is 0 Å². The van der Waals surface area contributed by atoms with Gasteiger partial charge in [-0.1, -0.05) is 13.8 Å². The molecule has 68 valence electrons. The van der Waals surface area contributed by atoms with Crippen LogP contribution < -0.4 is 0 Å². The lowest BCUT2D eigenvalue weighted by atomic mass is 10.0. The van der Waals surface area contributed by atoms with Gasteiger partial charge < -0.3 is 4.40 Å². The average molecular weight is 174 g/mol. The molecule has 2 aromatic rings. The molecule has 2 rings (SSSR count). The molecule has 0 spiro atoms. The number of aromatic nitrogens is 2. The molecular weight excluding hydrogens is 160 g/mol. The molecule has 0 bridgehead atoms. The first kappa shape index (κ1) is 8.30. The van der Waals surface area contributed by atoms with Gasteiger partial charge in [-0.25, -0.2) is 4.98 Å². The smallest absolute Gasteiger partial charge is 0.137 e. The Morgan fingerprint density at radius 2 is 2.08 bits per heavy atom. The topological polar surface area (TPSA) is 17.3 Å². The monoisotopic (exact) mass is 174 g/mol. The number of hydrogen-bond acceptors (Lipinski definition) is 1. The van der Waals surface area contributed by atoms with Crippen molar-refractivity contribution in [1.29, 1.82) is 0 Å². The predicted molar refractivity (Wildman–Crippen MR) is 54.0 cm³/mol. The second kappa shape index (κ2) is 2.87. The van der Waals surface area contributed by atoms with E-state index in [0.29, 0.717) is 5.92 Å². The van der Waals surface area contributed by atoms with E-state index in [-0.39, 0.29) is 0 Å². The number of hydrogen-bond donors (Lipinski definition) is 0. The first-order chi connectivity index (χ1) is 6.18. The van der Waals surface area contributed by atoms with Crippen LogP contribution >= 0.6 is 0 Å². The van der Waals surface area contributed by atoms with Gasteiger partial charge in [-0.15, -0.1) is 0 Å². The van der Waals surface area contributed by atoms with Crippen LogP contribution in [0.5, 0.6) is 0 Å². The Morgan fingerprint density at radius 3 is 2.77 bits per heavy atom. The molecule has 0 aliphatic heterocycles. The summed E-state index contributed by atoms with van der Waals surface area (Å²) in [6.07, 6.45) is 3.83. The summed E-state index contributed by atoms with van der Waals surface area (Å²) >= 11 is 0. The number of rotatable bonds is 1. The standard InChI is InChI=1S/C11H14N2/c1-8(2)10-6-9(3)13-5-4-12-11(13)7-10/h4-8H,1-3H3. The minimum atomic E-state index is 0.570. The van der Waals surface area contributed by atoms with Crippen LogP contribution in [-0.4, -0.2) is 9.38 Å². The highest BCUT2D eigenvalue weighted by molar-refractivity contribution is 5.44. The molecule has 0 aliphatic carbocycles. The molecule has 13 heavy (non-hydrogen) atoms. The lowest BCUT2D eigenvalue weighted by Crippen LogP contribution is -1.95. The molecule has 0 unspecified atom stereocenters. The van der Waals surface area contributed by atoms with E-state index in [1.54, 1.807) is 0 Å². The van der Waals surface area contributed by atoms with Gasteiger partial charge in [0.25, 0.3) is 0 Å². The first-order valence-corrected chi connectivity index (χ1v) is 4.62. The van der Waals surface area contributed by atoms with E-state index < -0.39 is 0 Å². The molecule has 0 aliphatic rings. The number of aryl methyl sites for hydroxylation is 1. The Bertz CT molecular complexity index is 427. The maximum absolute atomic E-state index is 4.29. The molecule has 0 saturated heterocycles. The van der Waals surface area contributed by atoms with Crippen LogP contribution in [0, 0.1) is 6.92 Å². The van der Waals surface area contributed by atoms with Gasteiger partial charge in [-0.2, -0.15) is 0 Å².